The number of thiophene rings is 4. The molecule has 2 atom stereocenters. The number of ether oxygens (including phenoxy) is 2. The minimum atomic E-state index is -0.318. The van der Waals surface area contributed by atoms with Gasteiger partial charge in [0.2, 0.25) is 0 Å². The second-order valence-electron chi connectivity index (χ2n) is 14.0. The summed E-state index contributed by atoms with van der Waals surface area (Å²) >= 11 is 13.8. The average Bonchev–Trinajstić information content (AvgIpc) is 4.02. The standard InChI is InChI=1S/C44H45Br2FN2O2S4/c1-5-9-11-26(7-3)24-50-32-22-30-31(23-33(32)51-25-27(8-4)12-10-6-2)49-44-42(39-16-15-36(53-39)38-18-20-41(46)55-38)29(47)21-28(43(44)48-30)34-13-14-35(52-34)37-17-19-40(45)54-37/h13-23,26-27H,5-12,24-25H2,1-4H3. The summed E-state index contributed by atoms with van der Waals surface area (Å²) in [6, 6.07) is 22.2. The maximum atomic E-state index is 16.8. The van der Waals surface area contributed by atoms with Crippen molar-refractivity contribution in [2.45, 2.75) is 79.1 Å². The van der Waals surface area contributed by atoms with Crippen LogP contribution in [-0.2, 0) is 0 Å². The van der Waals surface area contributed by atoms with Gasteiger partial charge in [-0.15, -0.1) is 45.3 Å². The third kappa shape index (κ3) is 9.39. The van der Waals surface area contributed by atoms with Crippen molar-refractivity contribution in [3.63, 3.8) is 0 Å². The minimum absolute atomic E-state index is 0.318. The van der Waals surface area contributed by atoms with Crippen LogP contribution >= 0.6 is 77.2 Å². The van der Waals surface area contributed by atoms with E-state index in [1.54, 1.807) is 51.4 Å². The minimum Gasteiger partial charge on any atom is -0.489 e. The Morgan fingerprint density at radius 1 is 0.582 bits per heavy atom. The second kappa shape index (κ2) is 18.7. The van der Waals surface area contributed by atoms with Crippen LogP contribution in [0.2, 0.25) is 0 Å². The Balaban J connectivity index is 1.38. The smallest absolute Gasteiger partial charge is 0.163 e. The van der Waals surface area contributed by atoms with Crippen LogP contribution in [-0.4, -0.2) is 23.2 Å². The first-order chi connectivity index (χ1) is 26.8. The Bertz CT molecular complexity index is 2380. The largest absolute Gasteiger partial charge is 0.489 e. The summed E-state index contributed by atoms with van der Waals surface area (Å²) in [5, 5.41) is 0. The molecule has 0 N–H and O–H groups in total. The third-order valence-corrected chi connectivity index (χ3v) is 16.0. The quantitative estimate of drug-likeness (QED) is 0.0804. The van der Waals surface area contributed by atoms with Crippen LogP contribution in [0.5, 0.6) is 11.5 Å². The van der Waals surface area contributed by atoms with E-state index < -0.39 is 0 Å². The molecule has 4 nitrogen and oxygen atoms in total. The Labute approximate surface area is 356 Å². The fourth-order valence-electron chi connectivity index (χ4n) is 6.78. The van der Waals surface area contributed by atoms with E-state index in [2.05, 4.69) is 96.0 Å². The van der Waals surface area contributed by atoms with Gasteiger partial charge in [0.15, 0.2) is 11.5 Å². The third-order valence-electron chi connectivity index (χ3n) is 10.1. The molecule has 0 aliphatic heterocycles. The van der Waals surface area contributed by atoms with Gasteiger partial charge in [-0.1, -0.05) is 66.2 Å². The van der Waals surface area contributed by atoms with Crippen LogP contribution in [0, 0.1) is 17.7 Å². The summed E-state index contributed by atoms with van der Waals surface area (Å²) in [6.07, 6.45) is 9.05. The molecule has 0 spiro atoms. The summed E-state index contributed by atoms with van der Waals surface area (Å²) in [7, 11) is 0. The second-order valence-corrected chi connectivity index (χ2v) is 21.1. The van der Waals surface area contributed by atoms with Gasteiger partial charge in [0.25, 0.3) is 0 Å². The van der Waals surface area contributed by atoms with Crippen LogP contribution in [0.4, 0.5) is 4.39 Å². The van der Waals surface area contributed by atoms with E-state index in [0.29, 0.717) is 64.2 Å². The predicted molar refractivity (Wildman–Crippen MR) is 243 cm³/mol. The number of halogens is 3. The first kappa shape index (κ1) is 40.5. The van der Waals surface area contributed by atoms with Gasteiger partial charge >= 0.3 is 0 Å². The number of hydrogen-bond donors (Lipinski definition) is 0. The Morgan fingerprint density at radius 3 is 1.53 bits per heavy atom. The molecule has 2 unspecified atom stereocenters. The van der Waals surface area contributed by atoms with E-state index in [0.717, 1.165) is 74.5 Å². The molecule has 7 rings (SSSR count). The summed E-state index contributed by atoms with van der Waals surface area (Å²) in [5.41, 5.74) is 3.75. The van der Waals surface area contributed by atoms with Crippen LogP contribution in [0.25, 0.3) is 62.5 Å². The molecule has 288 valence electrons. The molecule has 5 aromatic heterocycles. The Hall–Kier alpha value is -2.67. The molecule has 0 bridgehead atoms. The summed E-state index contributed by atoms with van der Waals surface area (Å²) < 4.78 is 32.2. The molecule has 7 aromatic rings. The van der Waals surface area contributed by atoms with E-state index in [4.69, 9.17) is 19.4 Å². The van der Waals surface area contributed by atoms with Crippen LogP contribution in [0.3, 0.4) is 0 Å². The SMILES string of the molecule is CCCCC(CC)COc1cc2nc3c(-c4ccc(-c5ccc(Br)s5)s4)cc(F)c(-c4ccc(-c5ccc(Br)s5)s4)c3nc2cc1OCC(CC)CCCC. The lowest BCUT2D eigenvalue weighted by atomic mass is 10.0. The Kier molecular flexibility index (Phi) is 13.8. The Morgan fingerprint density at radius 2 is 1.04 bits per heavy atom. The van der Waals surface area contributed by atoms with Gasteiger partial charge < -0.3 is 9.47 Å². The van der Waals surface area contributed by atoms with Gasteiger partial charge in [-0.2, -0.15) is 0 Å². The fraction of sp³-hybridized carbons (Fsp3) is 0.364. The van der Waals surface area contributed by atoms with Crippen LogP contribution in [0.15, 0.2) is 74.3 Å². The highest BCUT2D eigenvalue weighted by Gasteiger charge is 2.23. The van der Waals surface area contributed by atoms with Crippen molar-refractivity contribution in [1.29, 1.82) is 0 Å². The van der Waals surface area contributed by atoms with E-state index in [1.807, 2.05) is 24.3 Å². The molecule has 11 heteroatoms. The maximum absolute atomic E-state index is 16.8. The van der Waals surface area contributed by atoms with Crippen molar-refractivity contribution in [3.05, 3.63) is 80.1 Å². The number of unbranched alkanes of at least 4 members (excludes halogenated alkanes) is 2. The van der Waals surface area contributed by atoms with Gasteiger partial charge in [0, 0.05) is 47.0 Å². The molecule has 0 radical (unpaired) electrons. The maximum Gasteiger partial charge on any atom is 0.163 e. The van der Waals surface area contributed by atoms with E-state index >= 15 is 4.39 Å². The van der Waals surface area contributed by atoms with Crippen molar-refractivity contribution in [2.24, 2.45) is 11.8 Å². The number of nitrogens with zero attached hydrogens (tertiary/aromatic N) is 2. The van der Waals surface area contributed by atoms with Crippen LogP contribution in [0.1, 0.15) is 79.1 Å². The monoisotopic (exact) mass is 938 g/mol. The predicted octanol–water partition coefficient (Wildman–Crippen LogP) is 16.6. The van der Waals surface area contributed by atoms with Crippen molar-refractivity contribution in [3.8, 4) is 51.9 Å². The lowest BCUT2D eigenvalue weighted by Crippen LogP contribution is -2.14. The summed E-state index contributed by atoms with van der Waals surface area (Å²) in [6.45, 7) is 10.2. The number of fused-ring (bicyclic) bond motifs is 2. The lowest BCUT2D eigenvalue weighted by molar-refractivity contribution is 0.199. The summed E-state index contributed by atoms with van der Waals surface area (Å²) in [4.78, 5) is 16.8. The van der Waals surface area contributed by atoms with Crippen molar-refractivity contribution >= 4 is 99.3 Å². The van der Waals surface area contributed by atoms with Gasteiger partial charge in [0.05, 0.1) is 42.9 Å². The first-order valence-electron chi connectivity index (χ1n) is 19.2. The first-order valence-corrected chi connectivity index (χ1v) is 24.1. The zero-order chi connectivity index (χ0) is 38.5. The topological polar surface area (TPSA) is 44.2 Å². The van der Waals surface area contributed by atoms with E-state index in [1.165, 1.54) is 19.3 Å². The van der Waals surface area contributed by atoms with Crippen molar-refractivity contribution in [2.75, 3.05) is 13.2 Å². The van der Waals surface area contributed by atoms with Crippen molar-refractivity contribution in [1.82, 2.24) is 9.97 Å². The molecule has 0 saturated carbocycles. The number of rotatable bonds is 18. The van der Waals surface area contributed by atoms with Crippen LogP contribution < -0.4 is 9.47 Å². The molecular formula is C44H45Br2FN2O2S4. The number of aromatic nitrogens is 2. The molecule has 0 aliphatic rings. The van der Waals surface area contributed by atoms with E-state index in [9.17, 15) is 0 Å². The van der Waals surface area contributed by atoms with Gasteiger partial charge in [-0.3, -0.25) is 0 Å². The highest BCUT2D eigenvalue weighted by atomic mass is 79.9. The highest BCUT2D eigenvalue weighted by Crippen LogP contribution is 2.46. The normalized spacial score (nSPS) is 12.9. The average molecular weight is 941 g/mol. The number of benzene rings is 2. The molecule has 55 heavy (non-hydrogen) atoms. The lowest BCUT2D eigenvalue weighted by Gasteiger charge is -2.20. The van der Waals surface area contributed by atoms with Gasteiger partial charge in [0.1, 0.15) is 11.3 Å². The van der Waals surface area contributed by atoms with Crippen molar-refractivity contribution < 1.29 is 13.9 Å². The summed E-state index contributed by atoms with van der Waals surface area (Å²) in [5.74, 6) is 1.95. The van der Waals surface area contributed by atoms with E-state index in [-0.39, 0.29) is 5.82 Å². The highest BCUT2D eigenvalue weighted by molar-refractivity contribution is 9.11. The molecule has 0 amide bonds. The fourth-order valence-corrected chi connectivity index (χ4v) is 11.8. The molecular weight excluding hydrogens is 896 g/mol. The van der Waals surface area contributed by atoms with Gasteiger partial charge in [-0.25, -0.2) is 14.4 Å². The zero-order valence-corrected chi connectivity index (χ0v) is 38.0. The number of hydrogen-bond acceptors (Lipinski definition) is 8. The molecule has 5 heterocycles. The molecule has 0 saturated heterocycles. The zero-order valence-electron chi connectivity index (χ0n) is 31.6. The molecule has 0 fully saturated rings. The van der Waals surface area contributed by atoms with Gasteiger partial charge in [-0.05, 0) is 111 Å². The molecule has 0 aliphatic carbocycles. The molecule has 2 aromatic carbocycles.